The zero-order valence-corrected chi connectivity index (χ0v) is 9.34. The van der Waals surface area contributed by atoms with Gasteiger partial charge >= 0.3 is 0 Å². The van der Waals surface area contributed by atoms with E-state index in [9.17, 15) is 13.6 Å². The van der Waals surface area contributed by atoms with Crippen LogP contribution in [0.2, 0.25) is 0 Å². The van der Waals surface area contributed by atoms with E-state index in [1.165, 1.54) is 6.07 Å². The maximum atomic E-state index is 12.9. The van der Waals surface area contributed by atoms with Crippen molar-refractivity contribution >= 4 is 5.78 Å². The maximum Gasteiger partial charge on any atom is 0.179 e. The number of halogens is 2. The highest BCUT2D eigenvalue weighted by atomic mass is 19.2. The standard InChI is InChI=1S/C12H15F2NO/c1-3-7(2)11(15)12(16)8-4-5-9(13)10(14)6-8/h4-7,11H,3,15H2,1-2H3. The Morgan fingerprint density at radius 2 is 2.00 bits per heavy atom. The Morgan fingerprint density at radius 1 is 1.38 bits per heavy atom. The van der Waals surface area contributed by atoms with Crippen LogP contribution in [0.1, 0.15) is 30.6 Å². The predicted molar refractivity (Wildman–Crippen MR) is 58.1 cm³/mol. The van der Waals surface area contributed by atoms with Crippen molar-refractivity contribution < 1.29 is 13.6 Å². The Kier molecular flexibility index (Phi) is 4.12. The van der Waals surface area contributed by atoms with Crippen LogP contribution in [0.25, 0.3) is 0 Å². The van der Waals surface area contributed by atoms with Crippen molar-refractivity contribution in [2.24, 2.45) is 11.7 Å². The van der Waals surface area contributed by atoms with Gasteiger partial charge < -0.3 is 5.73 Å². The van der Waals surface area contributed by atoms with E-state index >= 15 is 0 Å². The molecule has 0 saturated heterocycles. The Balaban J connectivity index is 2.92. The summed E-state index contributed by atoms with van der Waals surface area (Å²) < 4.78 is 25.6. The molecule has 88 valence electrons. The summed E-state index contributed by atoms with van der Waals surface area (Å²) in [5.41, 5.74) is 5.84. The van der Waals surface area contributed by atoms with Gasteiger partial charge in [-0.15, -0.1) is 0 Å². The molecule has 0 spiro atoms. The van der Waals surface area contributed by atoms with Gasteiger partial charge in [0.05, 0.1) is 6.04 Å². The van der Waals surface area contributed by atoms with Gasteiger partial charge in [-0.3, -0.25) is 4.79 Å². The lowest BCUT2D eigenvalue weighted by Gasteiger charge is -2.16. The molecule has 2 unspecified atom stereocenters. The first-order chi connectivity index (χ1) is 7.47. The van der Waals surface area contributed by atoms with E-state index in [-0.39, 0.29) is 17.3 Å². The molecule has 2 N–H and O–H groups in total. The molecule has 0 aliphatic heterocycles. The Hall–Kier alpha value is -1.29. The minimum absolute atomic E-state index is 0.0145. The van der Waals surface area contributed by atoms with E-state index in [2.05, 4.69) is 0 Å². The Morgan fingerprint density at radius 3 is 2.50 bits per heavy atom. The number of nitrogens with two attached hydrogens (primary N) is 1. The molecule has 0 amide bonds. The van der Waals surface area contributed by atoms with E-state index in [4.69, 9.17) is 5.73 Å². The van der Waals surface area contributed by atoms with E-state index < -0.39 is 17.7 Å². The molecule has 2 nitrogen and oxygen atoms in total. The third-order valence-corrected chi connectivity index (χ3v) is 2.76. The summed E-state index contributed by atoms with van der Waals surface area (Å²) in [5.74, 6) is -2.33. The van der Waals surface area contributed by atoms with Crippen molar-refractivity contribution in [3.05, 3.63) is 35.4 Å². The monoisotopic (exact) mass is 227 g/mol. The van der Waals surface area contributed by atoms with Gasteiger partial charge in [0, 0.05) is 5.56 Å². The first-order valence-corrected chi connectivity index (χ1v) is 5.22. The van der Waals surface area contributed by atoms with Gasteiger partial charge in [-0.2, -0.15) is 0 Å². The van der Waals surface area contributed by atoms with E-state index in [0.717, 1.165) is 18.6 Å². The van der Waals surface area contributed by atoms with E-state index in [1.807, 2.05) is 13.8 Å². The second-order valence-electron chi connectivity index (χ2n) is 3.90. The van der Waals surface area contributed by atoms with Crippen molar-refractivity contribution in [2.45, 2.75) is 26.3 Å². The summed E-state index contributed by atoms with van der Waals surface area (Å²) in [6, 6.07) is 2.41. The van der Waals surface area contributed by atoms with Gasteiger partial charge in [0.15, 0.2) is 17.4 Å². The second-order valence-corrected chi connectivity index (χ2v) is 3.90. The molecule has 1 aromatic carbocycles. The van der Waals surface area contributed by atoms with Crippen molar-refractivity contribution in [3.63, 3.8) is 0 Å². The zero-order valence-electron chi connectivity index (χ0n) is 9.34. The van der Waals surface area contributed by atoms with Crippen LogP contribution in [0.5, 0.6) is 0 Å². The molecule has 4 heteroatoms. The van der Waals surface area contributed by atoms with Crippen LogP contribution in [0.15, 0.2) is 18.2 Å². The van der Waals surface area contributed by atoms with Gasteiger partial charge in [0.2, 0.25) is 0 Å². The molecular weight excluding hydrogens is 212 g/mol. The van der Waals surface area contributed by atoms with Crippen molar-refractivity contribution in [3.8, 4) is 0 Å². The summed E-state index contributed by atoms with van der Waals surface area (Å²) in [6.07, 6.45) is 0.760. The van der Waals surface area contributed by atoms with Crippen LogP contribution in [0.3, 0.4) is 0 Å². The number of hydrogen-bond donors (Lipinski definition) is 1. The molecule has 0 heterocycles. The number of hydrogen-bond acceptors (Lipinski definition) is 2. The molecule has 0 saturated carbocycles. The highest BCUT2D eigenvalue weighted by Crippen LogP contribution is 2.14. The van der Waals surface area contributed by atoms with E-state index in [1.54, 1.807) is 0 Å². The summed E-state index contributed by atoms with van der Waals surface area (Å²) in [4.78, 5) is 11.8. The Bertz CT molecular complexity index is 393. The van der Waals surface area contributed by atoms with Gasteiger partial charge in [0.1, 0.15) is 0 Å². The quantitative estimate of drug-likeness (QED) is 0.803. The first kappa shape index (κ1) is 12.8. The van der Waals surface area contributed by atoms with Crippen molar-refractivity contribution in [2.75, 3.05) is 0 Å². The van der Waals surface area contributed by atoms with Gasteiger partial charge in [0.25, 0.3) is 0 Å². The summed E-state index contributed by atoms with van der Waals surface area (Å²) in [6.45, 7) is 3.77. The molecule has 0 radical (unpaired) electrons. The number of Topliss-reactive ketones (excluding diaryl/α,β-unsaturated/α-hetero) is 1. The van der Waals surface area contributed by atoms with Crippen molar-refractivity contribution in [1.29, 1.82) is 0 Å². The smallest absolute Gasteiger partial charge is 0.179 e. The van der Waals surface area contributed by atoms with Crippen LogP contribution in [0, 0.1) is 17.6 Å². The Labute approximate surface area is 93.5 Å². The fraction of sp³-hybridized carbons (Fsp3) is 0.417. The number of benzene rings is 1. The lowest BCUT2D eigenvalue weighted by atomic mass is 9.92. The maximum absolute atomic E-state index is 12.9. The molecule has 0 bridgehead atoms. The van der Waals surface area contributed by atoms with E-state index in [0.29, 0.717) is 0 Å². The van der Waals surface area contributed by atoms with Crippen molar-refractivity contribution in [1.82, 2.24) is 0 Å². The minimum atomic E-state index is -1.03. The number of ketones is 1. The highest BCUT2D eigenvalue weighted by molar-refractivity contribution is 6.00. The van der Waals surface area contributed by atoms with Crippen LogP contribution in [-0.2, 0) is 0 Å². The normalized spacial score (nSPS) is 14.6. The van der Waals surface area contributed by atoms with Crippen LogP contribution in [0.4, 0.5) is 8.78 Å². The second kappa shape index (κ2) is 5.16. The molecule has 16 heavy (non-hydrogen) atoms. The van der Waals surface area contributed by atoms with Gasteiger partial charge in [-0.25, -0.2) is 8.78 Å². The molecule has 1 rings (SSSR count). The average Bonchev–Trinajstić information content (AvgIpc) is 2.29. The average molecular weight is 227 g/mol. The molecular formula is C12H15F2NO. The van der Waals surface area contributed by atoms with Gasteiger partial charge in [-0.05, 0) is 24.1 Å². The molecule has 0 fully saturated rings. The topological polar surface area (TPSA) is 43.1 Å². The molecule has 0 aliphatic carbocycles. The SMILES string of the molecule is CCC(C)C(N)C(=O)c1ccc(F)c(F)c1. The summed E-state index contributed by atoms with van der Waals surface area (Å²) in [5, 5.41) is 0. The molecule has 1 aromatic rings. The van der Waals surface area contributed by atoms with Gasteiger partial charge in [-0.1, -0.05) is 20.3 Å². The number of rotatable bonds is 4. The molecule has 0 aromatic heterocycles. The summed E-state index contributed by atoms with van der Waals surface area (Å²) in [7, 11) is 0. The predicted octanol–water partition coefficient (Wildman–Crippen LogP) is 2.52. The number of carbonyl (C=O) groups excluding carboxylic acids is 1. The minimum Gasteiger partial charge on any atom is -0.321 e. The lowest BCUT2D eigenvalue weighted by Crippen LogP contribution is -2.36. The van der Waals surface area contributed by atoms with Crippen LogP contribution >= 0.6 is 0 Å². The highest BCUT2D eigenvalue weighted by Gasteiger charge is 2.21. The number of carbonyl (C=O) groups is 1. The fourth-order valence-corrected chi connectivity index (χ4v) is 1.35. The largest absolute Gasteiger partial charge is 0.321 e. The van der Waals surface area contributed by atoms with Crippen LogP contribution in [-0.4, -0.2) is 11.8 Å². The first-order valence-electron chi connectivity index (χ1n) is 5.22. The third-order valence-electron chi connectivity index (χ3n) is 2.76. The third kappa shape index (κ3) is 2.64. The molecule has 2 atom stereocenters. The lowest BCUT2D eigenvalue weighted by molar-refractivity contribution is 0.0934. The zero-order chi connectivity index (χ0) is 12.3. The fourth-order valence-electron chi connectivity index (χ4n) is 1.35. The summed E-state index contributed by atoms with van der Waals surface area (Å²) >= 11 is 0. The molecule has 0 aliphatic rings. The van der Waals surface area contributed by atoms with Crippen LogP contribution < -0.4 is 5.73 Å².